The summed E-state index contributed by atoms with van der Waals surface area (Å²) in [6.07, 6.45) is 0. The molecule has 0 heterocycles. The highest BCUT2D eigenvalue weighted by atomic mass is 32.2. The lowest BCUT2D eigenvalue weighted by Gasteiger charge is -2.12. The van der Waals surface area contributed by atoms with Gasteiger partial charge in [-0.15, -0.1) is 0 Å². The van der Waals surface area contributed by atoms with Gasteiger partial charge >= 0.3 is 0 Å². The van der Waals surface area contributed by atoms with Gasteiger partial charge in [0.15, 0.2) is 0 Å². The van der Waals surface area contributed by atoms with Crippen molar-refractivity contribution in [3.63, 3.8) is 0 Å². The minimum Gasteiger partial charge on any atom is -0.496 e. The van der Waals surface area contributed by atoms with Gasteiger partial charge in [-0.25, -0.2) is 26.7 Å². The summed E-state index contributed by atoms with van der Waals surface area (Å²) in [5, 5.41) is 7.73. The Balaban J connectivity index is 2.23. The van der Waals surface area contributed by atoms with E-state index in [1.165, 1.54) is 31.4 Å². The highest BCUT2D eigenvalue weighted by molar-refractivity contribution is 7.89. The van der Waals surface area contributed by atoms with Crippen molar-refractivity contribution in [3.05, 3.63) is 53.6 Å². The molecule has 0 aliphatic heterocycles. The van der Waals surface area contributed by atoms with E-state index >= 15 is 0 Å². The highest BCUT2D eigenvalue weighted by Gasteiger charge is 2.18. The van der Waals surface area contributed by atoms with Gasteiger partial charge in [0.25, 0.3) is 5.91 Å². The predicted octanol–water partition coefficient (Wildman–Crippen LogP) is 0.959. The molecule has 4 N–H and O–H groups in total. The highest BCUT2D eigenvalue weighted by Crippen LogP contribution is 2.22. The van der Waals surface area contributed by atoms with Gasteiger partial charge in [-0.3, -0.25) is 4.79 Å². The number of amides is 1. The molecule has 158 valence electrons. The summed E-state index contributed by atoms with van der Waals surface area (Å²) in [4.78, 5) is 12.4. The van der Waals surface area contributed by atoms with E-state index in [2.05, 4.69) is 10.0 Å². The monoisotopic (exact) mass is 441 g/mol. The van der Waals surface area contributed by atoms with Crippen molar-refractivity contribution in [2.24, 2.45) is 5.14 Å². The standard InChI is InChI=1S/C18H23N3O6S2/c1-12(2)21-29(25,26)15-6-4-5-13(9-15)11-20-18(22)16-10-14(28(19,23)24)7-8-17(16)27-3/h4-10,12,21H,11H2,1-3H3,(H,20,22)(H2,19,23,24). The summed E-state index contributed by atoms with van der Waals surface area (Å²) in [6.45, 7) is 3.45. The van der Waals surface area contributed by atoms with Crippen LogP contribution in [0.2, 0.25) is 0 Å². The smallest absolute Gasteiger partial charge is 0.255 e. The number of nitrogens with two attached hydrogens (primary N) is 1. The lowest BCUT2D eigenvalue weighted by atomic mass is 10.1. The molecule has 0 saturated heterocycles. The third-order valence-electron chi connectivity index (χ3n) is 3.80. The van der Waals surface area contributed by atoms with Crippen molar-refractivity contribution in [2.75, 3.05) is 7.11 Å². The zero-order valence-electron chi connectivity index (χ0n) is 16.2. The zero-order valence-corrected chi connectivity index (χ0v) is 17.8. The van der Waals surface area contributed by atoms with Crippen molar-refractivity contribution in [2.45, 2.75) is 36.2 Å². The molecule has 0 bridgehead atoms. The molecule has 0 fully saturated rings. The van der Waals surface area contributed by atoms with Crippen LogP contribution in [0.25, 0.3) is 0 Å². The van der Waals surface area contributed by atoms with E-state index < -0.39 is 26.0 Å². The Morgan fingerprint density at radius 2 is 1.76 bits per heavy atom. The van der Waals surface area contributed by atoms with Gasteiger partial charge in [-0.1, -0.05) is 12.1 Å². The first-order valence-electron chi connectivity index (χ1n) is 8.54. The minimum absolute atomic E-state index is 0.00993. The lowest BCUT2D eigenvalue weighted by molar-refractivity contribution is 0.0947. The van der Waals surface area contributed by atoms with Crippen LogP contribution < -0.4 is 19.9 Å². The quantitative estimate of drug-likeness (QED) is 0.556. The second-order valence-electron chi connectivity index (χ2n) is 6.51. The number of benzene rings is 2. The molecule has 11 heteroatoms. The third-order valence-corrected chi connectivity index (χ3v) is 6.36. The fraction of sp³-hybridized carbons (Fsp3) is 0.278. The average Bonchev–Trinajstić information content (AvgIpc) is 2.64. The summed E-state index contributed by atoms with van der Waals surface area (Å²) in [5.74, 6) is -0.423. The number of rotatable bonds is 8. The van der Waals surface area contributed by atoms with Crippen LogP contribution in [0.4, 0.5) is 0 Å². The SMILES string of the molecule is COc1ccc(S(N)(=O)=O)cc1C(=O)NCc1cccc(S(=O)(=O)NC(C)C)c1. The second kappa shape index (κ2) is 8.91. The van der Waals surface area contributed by atoms with Gasteiger partial charge in [0, 0.05) is 12.6 Å². The van der Waals surface area contributed by atoms with Crippen molar-refractivity contribution in [3.8, 4) is 5.75 Å². The van der Waals surface area contributed by atoms with Crippen LogP contribution >= 0.6 is 0 Å². The van der Waals surface area contributed by atoms with E-state index in [0.717, 1.165) is 6.07 Å². The first-order valence-corrected chi connectivity index (χ1v) is 11.6. The van der Waals surface area contributed by atoms with E-state index in [9.17, 15) is 21.6 Å². The molecule has 0 aliphatic rings. The Morgan fingerprint density at radius 1 is 1.07 bits per heavy atom. The Hall–Kier alpha value is -2.47. The summed E-state index contributed by atoms with van der Waals surface area (Å²) >= 11 is 0. The topological polar surface area (TPSA) is 145 Å². The number of primary sulfonamides is 1. The lowest BCUT2D eigenvalue weighted by Crippen LogP contribution is -2.30. The molecule has 9 nitrogen and oxygen atoms in total. The Kier molecular flexibility index (Phi) is 7.01. The van der Waals surface area contributed by atoms with Crippen molar-refractivity contribution >= 4 is 26.0 Å². The predicted molar refractivity (Wildman–Crippen MR) is 107 cm³/mol. The summed E-state index contributed by atoms with van der Waals surface area (Å²) in [7, 11) is -6.31. The van der Waals surface area contributed by atoms with Crippen LogP contribution in [0.3, 0.4) is 0 Å². The number of carbonyl (C=O) groups excluding carboxylic acids is 1. The number of sulfonamides is 2. The Morgan fingerprint density at radius 3 is 2.34 bits per heavy atom. The van der Waals surface area contributed by atoms with E-state index in [0.29, 0.717) is 5.56 Å². The molecule has 2 aromatic carbocycles. The largest absolute Gasteiger partial charge is 0.496 e. The van der Waals surface area contributed by atoms with Crippen molar-refractivity contribution in [1.82, 2.24) is 10.0 Å². The van der Waals surface area contributed by atoms with Gasteiger partial charge in [-0.2, -0.15) is 0 Å². The number of nitrogens with one attached hydrogen (secondary N) is 2. The number of ether oxygens (including phenoxy) is 1. The number of carbonyl (C=O) groups is 1. The van der Waals surface area contributed by atoms with Crippen molar-refractivity contribution in [1.29, 1.82) is 0 Å². The fourth-order valence-corrected chi connectivity index (χ4v) is 4.38. The number of hydrogen-bond acceptors (Lipinski definition) is 6. The van der Waals surface area contributed by atoms with Crippen LogP contribution in [-0.4, -0.2) is 35.9 Å². The van der Waals surface area contributed by atoms with Crippen LogP contribution in [0.1, 0.15) is 29.8 Å². The minimum atomic E-state index is -3.99. The second-order valence-corrected chi connectivity index (χ2v) is 9.79. The molecule has 0 unspecified atom stereocenters. The first kappa shape index (κ1) is 22.8. The maximum absolute atomic E-state index is 12.5. The van der Waals surface area contributed by atoms with Gasteiger partial charge in [0.2, 0.25) is 20.0 Å². The maximum Gasteiger partial charge on any atom is 0.255 e. The van der Waals surface area contributed by atoms with Gasteiger partial charge in [0.1, 0.15) is 5.75 Å². The average molecular weight is 442 g/mol. The molecule has 29 heavy (non-hydrogen) atoms. The molecule has 0 atom stereocenters. The molecule has 0 saturated carbocycles. The molecular weight excluding hydrogens is 418 g/mol. The van der Waals surface area contributed by atoms with Crippen LogP contribution in [0, 0.1) is 0 Å². The summed E-state index contributed by atoms with van der Waals surface area (Å²) < 4.78 is 55.2. The Labute approximate surface area is 170 Å². The Bertz CT molecular complexity index is 1110. The zero-order chi connectivity index (χ0) is 21.8. The summed E-state index contributed by atoms with van der Waals surface area (Å²) in [6, 6.07) is 9.56. The van der Waals surface area contributed by atoms with Crippen molar-refractivity contribution < 1.29 is 26.4 Å². The van der Waals surface area contributed by atoms with E-state index in [1.807, 2.05) is 0 Å². The van der Waals surface area contributed by atoms with Crippen LogP contribution in [-0.2, 0) is 26.6 Å². The third kappa shape index (κ3) is 6.00. The normalized spacial score (nSPS) is 12.0. The van der Waals surface area contributed by atoms with Gasteiger partial charge in [0.05, 0.1) is 22.5 Å². The van der Waals surface area contributed by atoms with E-state index in [4.69, 9.17) is 9.88 Å². The van der Waals surface area contributed by atoms with Crippen LogP contribution in [0.5, 0.6) is 5.75 Å². The number of hydrogen-bond donors (Lipinski definition) is 3. The molecule has 0 radical (unpaired) electrons. The van der Waals surface area contributed by atoms with Gasteiger partial charge in [-0.05, 0) is 49.7 Å². The molecule has 2 rings (SSSR count). The molecule has 1 amide bonds. The summed E-state index contributed by atoms with van der Waals surface area (Å²) in [5.41, 5.74) is 0.538. The molecular formula is C18H23N3O6S2. The van der Waals surface area contributed by atoms with E-state index in [-0.39, 0.29) is 33.7 Å². The molecule has 0 spiro atoms. The van der Waals surface area contributed by atoms with Crippen LogP contribution in [0.15, 0.2) is 52.3 Å². The van der Waals surface area contributed by atoms with Gasteiger partial charge < -0.3 is 10.1 Å². The first-order chi connectivity index (χ1) is 13.4. The molecule has 2 aromatic rings. The fourth-order valence-electron chi connectivity index (χ4n) is 2.52. The van der Waals surface area contributed by atoms with E-state index in [1.54, 1.807) is 26.0 Å². The number of methoxy groups -OCH3 is 1. The maximum atomic E-state index is 12.5. The molecule has 0 aromatic heterocycles. The molecule has 0 aliphatic carbocycles.